The number of hydrogen-bond acceptors (Lipinski definition) is 2. The summed E-state index contributed by atoms with van der Waals surface area (Å²) in [4.78, 5) is 13.3. The van der Waals surface area contributed by atoms with Crippen LogP contribution >= 0.6 is 0 Å². The molecule has 0 saturated heterocycles. The summed E-state index contributed by atoms with van der Waals surface area (Å²) in [6, 6.07) is 9.69. The molecule has 1 N–H and O–H groups in total. The van der Waals surface area contributed by atoms with Gasteiger partial charge in [-0.3, -0.25) is 4.79 Å². The maximum Gasteiger partial charge on any atom is 0.246 e. The van der Waals surface area contributed by atoms with Gasteiger partial charge < -0.3 is 10.0 Å². The van der Waals surface area contributed by atoms with Crippen molar-refractivity contribution in [2.24, 2.45) is 0 Å². The summed E-state index contributed by atoms with van der Waals surface area (Å²) in [5.41, 5.74) is 1.00. The van der Waals surface area contributed by atoms with E-state index in [9.17, 15) is 4.79 Å². The molecule has 92 valence electrons. The van der Waals surface area contributed by atoms with E-state index in [1.54, 1.807) is 31.0 Å². The van der Waals surface area contributed by atoms with Crippen LogP contribution in [0, 0.1) is 0 Å². The van der Waals surface area contributed by atoms with Gasteiger partial charge in [0.1, 0.15) is 0 Å². The number of amides is 1. The maximum atomic E-state index is 11.7. The Morgan fingerprint density at radius 1 is 1.41 bits per heavy atom. The number of carbonyl (C=O) groups excluding carboxylic acids is 1. The highest BCUT2D eigenvalue weighted by molar-refractivity contribution is 5.91. The predicted molar refractivity (Wildman–Crippen MR) is 69.4 cm³/mol. The Kier molecular flexibility index (Phi) is 5.43. The van der Waals surface area contributed by atoms with Gasteiger partial charge in [0.2, 0.25) is 5.91 Å². The molecule has 0 heterocycles. The normalized spacial score (nSPS) is 12.6. The van der Waals surface area contributed by atoms with Crippen LogP contribution in [0.5, 0.6) is 0 Å². The highest BCUT2D eigenvalue weighted by Crippen LogP contribution is 2.02. The molecule has 0 aliphatic rings. The topological polar surface area (TPSA) is 40.5 Å². The Labute approximate surface area is 102 Å². The lowest BCUT2D eigenvalue weighted by Crippen LogP contribution is -2.27. The van der Waals surface area contributed by atoms with Crippen molar-refractivity contribution in [3.8, 4) is 0 Å². The number of aliphatic hydroxyl groups excluding tert-OH is 1. The third-order valence-corrected chi connectivity index (χ3v) is 2.48. The number of rotatable bonds is 5. The van der Waals surface area contributed by atoms with Crippen molar-refractivity contribution in [1.29, 1.82) is 0 Å². The van der Waals surface area contributed by atoms with E-state index < -0.39 is 0 Å². The summed E-state index contributed by atoms with van der Waals surface area (Å²) in [5, 5.41) is 9.13. The fraction of sp³-hybridized carbons (Fsp3) is 0.357. The number of aliphatic hydroxyl groups is 1. The molecule has 1 aromatic carbocycles. The third-order valence-electron chi connectivity index (χ3n) is 2.48. The van der Waals surface area contributed by atoms with E-state index in [1.807, 2.05) is 30.3 Å². The van der Waals surface area contributed by atoms with Crippen LogP contribution in [0.2, 0.25) is 0 Å². The van der Waals surface area contributed by atoms with Crippen molar-refractivity contribution in [1.82, 2.24) is 4.90 Å². The highest BCUT2D eigenvalue weighted by Gasteiger charge is 2.05. The number of hydrogen-bond donors (Lipinski definition) is 1. The molecule has 0 spiro atoms. The Hall–Kier alpha value is -1.61. The summed E-state index contributed by atoms with van der Waals surface area (Å²) < 4.78 is 0. The van der Waals surface area contributed by atoms with E-state index in [0.717, 1.165) is 5.56 Å². The molecule has 3 nitrogen and oxygen atoms in total. The molecule has 0 bridgehead atoms. The standard InChI is InChI=1S/C14H19NO2/c1-12(16)10-11-15(2)14(17)9-8-13-6-4-3-5-7-13/h3-9,12,16H,10-11H2,1-2H3/b9-8+. The molecule has 0 radical (unpaired) electrons. The average Bonchev–Trinajstić information content (AvgIpc) is 2.34. The van der Waals surface area contributed by atoms with Gasteiger partial charge in [0.05, 0.1) is 6.10 Å². The van der Waals surface area contributed by atoms with Gasteiger partial charge in [0, 0.05) is 19.7 Å². The van der Waals surface area contributed by atoms with Gasteiger partial charge in [0.15, 0.2) is 0 Å². The van der Waals surface area contributed by atoms with Crippen molar-refractivity contribution in [3.05, 3.63) is 42.0 Å². The molecule has 0 aromatic heterocycles. The van der Waals surface area contributed by atoms with E-state index in [-0.39, 0.29) is 12.0 Å². The second kappa shape index (κ2) is 6.86. The quantitative estimate of drug-likeness (QED) is 0.789. The number of benzene rings is 1. The average molecular weight is 233 g/mol. The van der Waals surface area contributed by atoms with Crippen molar-refractivity contribution in [2.75, 3.05) is 13.6 Å². The molecule has 3 heteroatoms. The van der Waals surface area contributed by atoms with Crippen LogP contribution in [-0.2, 0) is 4.79 Å². The Morgan fingerprint density at radius 3 is 2.65 bits per heavy atom. The summed E-state index contributed by atoms with van der Waals surface area (Å²) >= 11 is 0. The SMILES string of the molecule is CC(O)CCN(C)C(=O)/C=C/c1ccccc1. The van der Waals surface area contributed by atoms with Crippen molar-refractivity contribution in [2.45, 2.75) is 19.4 Å². The summed E-state index contributed by atoms with van der Waals surface area (Å²) in [6.45, 7) is 2.29. The molecule has 1 aromatic rings. The lowest BCUT2D eigenvalue weighted by molar-refractivity contribution is -0.124. The zero-order valence-corrected chi connectivity index (χ0v) is 10.3. The second-order valence-corrected chi connectivity index (χ2v) is 4.14. The fourth-order valence-corrected chi connectivity index (χ4v) is 1.35. The molecule has 1 rings (SSSR count). The maximum absolute atomic E-state index is 11.7. The molecule has 1 unspecified atom stereocenters. The van der Waals surface area contributed by atoms with E-state index in [4.69, 9.17) is 5.11 Å². The number of carbonyl (C=O) groups is 1. The first-order valence-electron chi connectivity index (χ1n) is 5.76. The minimum Gasteiger partial charge on any atom is -0.393 e. The van der Waals surface area contributed by atoms with Crippen molar-refractivity contribution >= 4 is 12.0 Å². The second-order valence-electron chi connectivity index (χ2n) is 4.14. The number of nitrogens with zero attached hydrogens (tertiary/aromatic N) is 1. The summed E-state index contributed by atoms with van der Waals surface area (Å²) in [7, 11) is 1.74. The van der Waals surface area contributed by atoms with Crippen LogP contribution in [0.1, 0.15) is 18.9 Å². The summed E-state index contributed by atoms with van der Waals surface area (Å²) in [6.07, 6.45) is 3.57. The Morgan fingerprint density at radius 2 is 2.06 bits per heavy atom. The van der Waals surface area contributed by atoms with Crippen LogP contribution in [0.3, 0.4) is 0 Å². The van der Waals surface area contributed by atoms with E-state index >= 15 is 0 Å². The molecule has 0 saturated carbocycles. The van der Waals surface area contributed by atoms with Gasteiger partial charge in [-0.1, -0.05) is 30.3 Å². The van der Waals surface area contributed by atoms with Crippen LogP contribution < -0.4 is 0 Å². The first-order chi connectivity index (χ1) is 8.09. The zero-order valence-electron chi connectivity index (χ0n) is 10.3. The largest absolute Gasteiger partial charge is 0.393 e. The third kappa shape index (κ3) is 5.31. The highest BCUT2D eigenvalue weighted by atomic mass is 16.3. The van der Waals surface area contributed by atoms with Gasteiger partial charge in [-0.15, -0.1) is 0 Å². The molecule has 0 aliphatic heterocycles. The van der Waals surface area contributed by atoms with Crippen LogP contribution in [-0.4, -0.2) is 35.6 Å². The summed E-state index contributed by atoms with van der Waals surface area (Å²) in [5.74, 6) is -0.0468. The molecule has 1 amide bonds. The van der Waals surface area contributed by atoms with Crippen LogP contribution in [0.15, 0.2) is 36.4 Å². The van der Waals surface area contributed by atoms with Gasteiger partial charge in [0.25, 0.3) is 0 Å². The Balaban J connectivity index is 2.46. The zero-order chi connectivity index (χ0) is 12.7. The molecule has 0 fully saturated rings. The van der Waals surface area contributed by atoms with Gasteiger partial charge in [-0.2, -0.15) is 0 Å². The van der Waals surface area contributed by atoms with Crippen molar-refractivity contribution in [3.63, 3.8) is 0 Å². The molecule has 1 atom stereocenters. The van der Waals surface area contributed by atoms with Gasteiger partial charge in [-0.05, 0) is 25.0 Å². The minimum absolute atomic E-state index is 0.0468. The Bertz CT molecular complexity index is 371. The lowest BCUT2D eigenvalue weighted by atomic mass is 10.2. The molecule has 0 aliphatic carbocycles. The van der Waals surface area contributed by atoms with E-state index in [1.165, 1.54) is 0 Å². The molecular formula is C14H19NO2. The van der Waals surface area contributed by atoms with Crippen molar-refractivity contribution < 1.29 is 9.90 Å². The predicted octanol–water partition coefficient (Wildman–Crippen LogP) is 1.93. The van der Waals surface area contributed by atoms with Crippen LogP contribution in [0.25, 0.3) is 6.08 Å². The smallest absolute Gasteiger partial charge is 0.246 e. The molecule has 17 heavy (non-hydrogen) atoms. The first kappa shape index (κ1) is 13.5. The van der Waals surface area contributed by atoms with E-state index in [2.05, 4.69) is 0 Å². The monoisotopic (exact) mass is 233 g/mol. The fourth-order valence-electron chi connectivity index (χ4n) is 1.35. The van der Waals surface area contributed by atoms with E-state index in [0.29, 0.717) is 13.0 Å². The molecular weight excluding hydrogens is 214 g/mol. The minimum atomic E-state index is -0.372. The van der Waals surface area contributed by atoms with Gasteiger partial charge >= 0.3 is 0 Å². The lowest BCUT2D eigenvalue weighted by Gasteiger charge is -2.15. The van der Waals surface area contributed by atoms with Crippen LogP contribution in [0.4, 0.5) is 0 Å². The number of likely N-dealkylation sites (N-methyl/N-ethyl adjacent to an activating group) is 1. The first-order valence-corrected chi connectivity index (χ1v) is 5.76. The van der Waals surface area contributed by atoms with Gasteiger partial charge in [-0.25, -0.2) is 0 Å².